The van der Waals surface area contributed by atoms with Gasteiger partial charge in [0.2, 0.25) is 11.8 Å². The number of hydrogen-bond acceptors (Lipinski definition) is 10. The number of fused-ring (bicyclic) bond motifs is 2. The number of hydrogen-bond donors (Lipinski definition) is 1. The van der Waals surface area contributed by atoms with E-state index in [2.05, 4.69) is 417 Å². The smallest absolute Gasteiger partial charge is 0.496 e. The Morgan fingerprint density at radius 3 is 0.887 bits per heavy atom. The Hall–Kier alpha value is -12.7. The van der Waals surface area contributed by atoms with Crippen LogP contribution in [0.25, 0.3) is 0 Å². The Morgan fingerprint density at radius 2 is 0.631 bits per heavy atom. The number of rotatable bonds is 20. The molecule has 13 nitrogen and oxygen atoms in total. The summed E-state index contributed by atoms with van der Waals surface area (Å²) in [5.41, 5.74) is 6.99. The normalized spacial score (nSPS) is 13.5. The zero-order chi connectivity index (χ0) is 97.3. The van der Waals surface area contributed by atoms with Gasteiger partial charge in [0.1, 0.15) is 29.8 Å². The Balaban J connectivity index is 0.000000132. The standard InChI is InChI=1S/C20H17ClN4O2.4C18H15P.C17H14Cl2N2O2.C10H16BNO2.Pd/c1-27-16-5-2-13(3-6-16)12-25-18-7-4-15(21)8-17(18)20(22-11-19(25)26)14-9-23-24-10-14;4*1-4-10-16(11-5-1)19(17-12-6-2-7-13-17)18-14-8-3-9-15-18;1-23-13-5-2-11(3-6-13)10-21-15-7-4-12(18)8-14(15)17(19)20-9-16(21)22;1-9(2)10(3,4)14-11(13-9)8-5-6-12-7-8;/h2-10H,11-12H2,1H3,(H,23,24);4*1-15H;2-8H,9-10H2,1H3;5,7H,6H2,1-4H3;. The number of benzodiazepines with no additional fused rings is 2. The van der Waals surface area contributed by atoms with Crippen molar-refractivity contribution in [2.75, 3.05) is 43.7 Å². The minimum Gasteiger partial charge on any atom is -0.497 e. The number of aromatic amines is 1. The van der Waals surface area contributed by atoms with Crippen LogP contribution >= 0.6 is 66.5 Å². The predicted molar refractivity (Wildman–Crippen MR) is 596 cm³/mol. The average molecular weight is 2080 g/mol. The van der Waals surface area contributed by atoms with E-state index in [4.69, 9.17) is 53.6 Å². The molecule has 4 aliphatic heterocycles. The summed E-state index contributed by atoms with van der Waals surface area (Å²) in [6, 6.07) is 155. The number of amides is 2. The number of carbonyl (C=O) groups is 2. The van der Waals surface area contributed by atoms with Crippen molar-refractivity contribution in [1.82, 2.24) is 10.2 Å². The third-order valence-corrected chi connectivity index (χ3v) is 34.0. The molecule has 1 aromatic heterocycles. The van der Waals surface area contributed by atoms with Crippen molar-refractivity contribution >= 4 is 178 Å². The molecule has 1 fully saturated rings. The molecule has 708 valence electrons. The quantitative estimate of drug-likeness (QED) is 0.0591. The van der Waals surface area contributed by atoms with Crippen molar-refractivity contribution in [2.45, 2.75) is 52.0 Å². The van der Waals surface area contributed by atoms with E-state index in [0.29, 0.717) is 45.3 Å². The van der Waals surface area contributed by atoms with E-state index >= 15 is 0 Å². The first-order chi connectivity index (χ1) is 68.5. The predicted octanol–water partition coefficient (Wildman–Crippen LogP) is 22.7. The zero-order valence-corrected chi connectivity index (χ0v) is 86.4. The molecule has 22 heteroatoms. The second-order valence-corrected chi connectivity index (χ2v) is 43.5. The molecule has 1 saturated heterocycles. The molecule has 0 spiro atoms. The number of aliphatic imine (C=N–C) groups is 3. The van der Waals surface area contributed by atoms with E-state index in [1.54, 1.807) is 60.7 Å². The third-order valence-electron chi connectivity index (χ3n) is 23.4. The van der Waals surface area contributed by atoms with Crippen LogP contribution in [-0.2, 0) is 52.4 Å². The van der Waals surface area contributed by atoms with Crippen LogP contribution in [0.3, 0.4) is 0 Å². The molecule has 17 aromatic rings. The maximum Gasteiger partial charge on any atom is 0.496 e. The van der Waals surface area contributed by atoms with Crippen molar-refractivity contribution in [3.63, 3.8) is 0 Å². The van der Waals surface area contributed by atoms with E-state index < -0.39 is 31.7 Å². The minimum atomic E-state index is -0.446. The van der Waals surface area contributed by atoms with Gasteiger partial charge in [-0.25, -0.2) is 0 Å². The molecular weight excluding hydrogens is 1970 g/mol. The number of ether oxygens (including phenoxy) is 2. The van der Waals surface area contributed by atoms with Crippen molar-refractivity contribution in [3.05, 3.63) is 511 Å². The van der Waals surface area contributed by atoms with Crippen LogP contribution < -0.4 is 82.9 Å². The summed E-state index contributed by atoms with van der Waals surface area (Å²) >= 11 is 18.5. The number of H-pyrrole nitrogens is 1. The van der Waals surface area contributed by atoms with Gasteiger partial charge in [-0.1, -0.05) is 429 Å². The number of nitrogens with zero attached hydrogens (tertiary/aromatic N) is 6. The maximum atomic E-state index is 12.8. The maximum absolute atomic E-state index is 12.8. The van der Waals surface area contributed by atoms with Crippen LogP contribution in [0.1, 0.15) is 55.5 Å². The summed E-state index contributed by atoms with van der Waals surface area (Å²) in [5, 5.41) is 25.0. The van der Waals surface area contributed by atoms with Crippen molar-refractivity contribution in [3.8, 4) is 11.5 Å². The van der Waals surface area contributed by atoms with Gasteiger partial charge in [-0.3, -0.25) is 29.7 Å². The Bertz CT molecular complexity index is 6020. The molecule has 0 saturated carbocycles. The van der Waals surface area contributed by atoms with Crippen LogP contribution in [0.4, 0.5) is 11.4 Å². The molecule has 5 heterocycles. The summed E-state index contributed by atoms with van der Waals surface area (Å²) in [7, 11) is 1.22. The number of benzene rings is 16. The number of carbonyl (C=O) groups excluding carboxylic acids is 2. The number of halogens is 3. The summed E-state index contributed by atoms with van der Waals surface area (Å²) in [5.74, 6) is 1.36. The van der Waals surface area contributed by atoms with Crippen LogP contribution in [-0.4, -0.2) is 91.3 Å². The van der Waals surface area contributed by atoms with Gasteiger partial charge in [-0.05, 0) is 200 Å². The monoisotopic (exact) mass is 2080 g/mol. The first-order valence-electron chi connectivity index (χ1n) is 46.0. The second-order valence-electron chi connectivity index (χ2n) is 33.4. The molecule has 16 aromatic carbocycles. The van der Waals surface area contributed by atoms with Crippen LogP contribution in [0.5, 0.6) is 11.5 Å². The van der Waals surface area contributed by atoms with Gasteiger partial charge in [0.15, 0.2) is 0 Å². The number of aromatic nitrogens is 2. The molecule has 0 aliphatic carbocycles. The molecule has 1 N–H and O–H groups in total. The number of allylic oxidation sites excluding steroid dienone is 1. The Morgan fingerprint density at radius 1 is 0.362 bits per heavy atom. The van der Waals surface area contributed by atoms with Crippen LogP contribution in [0.2, 0.25) is 10.0 Å². The Labute approximate surface area is 862 Å². The fraction of sp³-hybridized carbons (Fsp3) is 0.109. The molecule has 0 radical (unpaired) electrons. The number of anilines is 2. The van der Waals surface area contributed by atoms with Gasteiger partial charge < -0.3 is 28.6 Å². The van der Waals surface area contributed by atoms with Crippen molar-refractivity contribution < 1.29 is 48.8 Å². The van der Waals surface area contributed by atoms with Gasteiger partial charge in [-0.15, -0.1) is 0 Å². The fourth-order valence-electron chi connectivity index (χ4n) is 15.8. The Kier molecular flexibility index (Phi) is 38.9. The minimum absolute atomic E-state index is 0. The summed E-state index contributed by atoms with van der Waals surface area (Å²) in [6.45, 7) is 9.91. The van der Waals surface area contributed by atoms with E-state index in [-0.39, 0.29) is 63.6 Å². The van der Waals surface area contributed by atoms with Crippen LogP contribution in [0.15, 0.2) is 488 Å². The van der Waals surface area contributed by atoms with Crippen LogP contribution in [0, 0.1) is 0 Å². The van der Waals surface area contributed by atoms with Gasteiger partial charge in [0.25, 0.3) is 0 Å². The average Bonchev–Trinajstić information content (AvgIpc) is 1.62. The van der Waals surface area contributed by atoms with E-state index in [0.717, 1.165) is 51.5 Å². The summed E-state index contributed by atoms with van der Waals surface area (Å²) < 4.78 is 22.1. The van der Waals surface area contributed by atoms with Crippen molar-refractivity contribution in [1.29, 1.82) is 0 Å². The largest absolute Gasteiger partial charge is 0.497 e. The molecule has 141 heavy (non-hydrogen) atoms. The molecule has 2 amide bonds. The first kappa shape index (κ1) is 104. The van der Waals surface area contributed by atoms with Crippen molar-refractivity contribution in [2.24, 2.45) is 15.0 Å². The topological polar surface area (TPSA) is 143 Å². The van der Waals surface area contributed by atoms with Gasteiger partial charge in [0, 0.05) is 59.6 Å². The second kappa shape index (κ2) is 52.7. The first-order valence-corrected chi connectivity index (χ1v) is 52.5. The summed E-state index contributed by atoms with van der Waals surface area (Å²) in [6.07, 6.45) is 7.32. The summed E-state index contributed by atoms with van der Waals surface area (Å²) in [4.78, 5) is 41.5. The number of nitrogens with one attached hydrogen (secondary N) is 1. The van der Waals surface area contributed by atoms with Gasteiger partial charge in [-0.2, -0.15) is 5.10 Å². The zero-order valence-electron chi connectivity index (χ0n) is 79.0. The molecule has 0 bridgehead atoms. The molecular formula is C119H107BCl3N7O6P4Pd. The van der Waals surface area contributed by atoms with E-state index in [9.17, 15) is 9.59 Å². The number of methoxy groups -OCH3 is 2. The fourth-order valence-corrected chi connectivity index (χ4v) is 25.5. The van der Waals surface area contributed by atoms with Gasteiger partial charge in [0.05, 0.1) is 68.3 Å². The SMILES string of the molecule is CC1(C)OB(C2=CCN=C2)OC1(C)C.COc1ccc(CN2C(=O)CN=C(Cl)c3cc(Cl)ccc32)cc1.COc1ccc(CN2C(=O)CN=C(c3cn[nH]c3)c3cc(Cl)ccc32)cc1.[Pd].c1ccc(P(c2ccccc2)c2ccccc2)cc1.c1ccc(P(c2ccccc2)c2ccccc2)cc1.c1ccc(P(c2ccccc2)c2ccccc2)cc1.c1ccc(P(c2ccccc2)c2ccccc2)cc1. The molecule has 21 rings (SSSR count). The van der Waals surface area contributed by atoms with E-state index in [1.807, 2.05) is 73.0 Å². The molecule has 4 aliphatic rings. The molecule has 0 unspecified atom stereocenters. The molecule has 0 atom stereocenters. The van der Waals surface area contributed by atoms with E-state index in [1.165, 1.54) is 63.7 Å². The third kappa shape index (κ3) is 28.6. The van der Waals surface area contributed by atoms with Gasteiger partial charge >= 0.3 is 7.12 Å².